The van der Waals surface area contributed by atoms with Crippen LogP contribution in [0.3, 0.4) is 0 Å². The fourth-order valence-corrected chi connectivity index (χ4v) is 2.29. The van der Waals surface area contributed by atoms with E-state index in [0.717, 1.165) is 23.7 Å². The van der Waals surface area contributed by atoms with Crippen molar-refractivity contribution in [1.29, 1.82) is 0 Å². The summed E-state index contributed by atoms with van der Waals surface area (Å²) in [5.74, 6) is 0. The molecule has 1 unspecified atom stereocenters. The molecule has 0 saturated carbocycles. The quantitative estimate of drug-likeness (QED) is 0.844. The van der Waals surface area contributed by atoms with Crippen LogP contribution in [0.1, 0.15) is 25.3 Å². The zero-order chi connectivity index (χ0) is 12.0. The van der Waals surface area contributed by atoms with E-state index in [1.165, 1.54) is 5.56 Å². The zero-order valence-corrected chi connectivity index (χ0v) is 11.3. The van der Waals surface area contributed by atoms with Crippen molar-refractivity contribution >= 4 is 15.9 Å². The van der Waals surface area contributed by atoms with Crippen LogP contribution >= 0.6 is 15.9 Å². The van der Waals surface area contributed by atoms with Crippen molar-refractivity contribution in [3.63, 3.8) is 0 Å². The van der Waals surface area contributed by atoms with E-state index in [1.54, 1.807) is 0 Å². The number of benzene rings is 1. The molecule has 2 nitrogen and oxygen atoms in total. The predicted octanol–water partition coefficient (Wildman–Crippen LogP) is 2.73. The molecule has 1 rings (SSSR count). The van der Waals surface area contributed by atoms with Gasteiger partial charge >= 0.3 is 0 Å². The van der Waals surface area contributed by atoms with Crippen LogP contribution in [-0.2, 0) is 6.42 Å². The van der Waals surface area contributed by atoms with Crippen molar-refractivity contribution in [2.24, 2.45) is 11.1 Å². The van der Waals surface area contributed by atoms with Crippen molar-refractivity contribution in [3.05, 3.63) is 34.3 Å². The second-order valence-electron chi connectivity index (χ2n) is 4.42. The minimum atomic E-state index is -0.150. The summed E-state index contributed by atoms with van der Waals surface area (Å²) in [6.07, 6.45) is 2.87. The van der Waals surface area contributed by atoms with Crippen molar-refractivity contribution in [1.82, 2.24) is 0 Å². The number of hydrogen-bond donors (Lipinski definition) is 2. The van der Waals surface area contributed by atoms with E-state index in [0.29, 0.717) is 6.54 Å². The first-order valence-electron chi connectivity index (χ1n) is 5.71. The van der Waals surface area contributed by atoms with Crippen LogP contribution in [0.2, 0.25) is 0 Å². The maximum atomic E-state index is 9.53. The second kappa shape index (κ2) is 6.38. The van der Waals surface area contributed by atoms with E-state index in [4.69, 9.17) is 5.73 Å². The van der Waals surface area contributed by atoms with Crippen LogP contribution in [0.25, 0.3) is 0 Å². The highest BCUT2D eigenvalue weighted by Crippen LogP contribution is 2.27. The van der Waals surface area contributed by atoms with Crippen molar-refractivity contribution in [2.75, 3.05) is 13.2 Å². The highest BCUT2D eigenvalue weighted by molar-refractivity contribution is 9.10. The normalized spacial score (nSPS) is 14.8. The van der Waals surface area contributed by atoms with Crippen LogP contribution in [0.5, 0.6) is 0 Å². The van der Waals surface area contributed by atoms with Gasteiger partial charge in [-0.15, -0.1) is 0 Å². The third-order valence-corrected chi connectivity index (χ3v) is 3.57. The highest BCUT2D eigenvalue weighted by atomic mass is 79.9. The van der Waals surface area contributed by atoms with E-state index >= 15 is 0 Å². The van der Waals surface area contributed by atoms with Crippen LogP contribution in [0.4, 0.5) is 0 Å². The minimum Gasteiger partial charge on any atom is -0.396 e. The first-order valence-corrected chi connectivity index (χ1v) is 6.50. The Morgan fingerprint density at radius 2 is 1.94 bits per heavy atom. The Labute approximate surface area is 106 Å². The van der Waals surface area contributed by atoms with Gasteiger partial charge in [-0.2, -0.15) is 0 Å². The lowest BCUT2D eigenvalue weighted by atomic mass is 9.78. The Kier molecular flexibility index (Phi) is 5.46. The number of halogens is 1. The summed E-state index contributed by atoms with van der Waals surface area (Å²) in [6.45, 7) is 2.82. The van der Waals surface area contributed by atoms with Gasteiger partial charge in [0, 0.05) is 16.4 Å². The molecule has 0 amide bonds. The summed E-state index contributed by atoms with van der Waals surface area (Å²) in [6, 6.07) is 8.22. The SMILES string of the molecule is CCCC(CN)(CO)Cc1ccc(Br)cc1. The van der Waals surface area contributed by atoms with Crippen LogP contribution in [0, 0.1) is 5.41 Å². The Morgan fingerprint density at radius 3 is 2.38 bits per heavy atom. The lowest BCUT2D eigenvalue weighted by molar-refractivity contribution is 0.121. The Balaban J connectivity index is 2.78. The number of hydrogen-bond acceptors (Lipinski definition) is 2. The van der Waals surface area contributed by atoms with Crippen LogP contribution < -0.4 is 5.73 Å². The van der Waals surface area contributed by atoms with Gasteiger partial charge in [0.2, 0.25) is 0 Å². The summed E-state index contributed by atoms with van der Waals surface area (Å²) >= 11 is 3.42. The Bertz CT molecular complexity index is 306. The predicted molar refractivity (Wildman–Crippen MR) is 71.3 cm³/mol. The molecule has 0 fully saturated rings. The molecule has 0 heterocycles. The standard InChI is InChI=1S/C13H20BrNO/c1-2-7-13(9-15,10-16)8-11-3-5-12(14)6-4-11/h3-6,16H,2,7-10,15H2,1H3. The highest BCUT2D eigenvalue weighted by Gasteiger charge is 2.27. The molecule has 1 atom stereocenters. The summed E-state index contributed by atoms with van der Waals surface area (Å²) < 4.78 is 1.08. The molecule has 3 heteroatoms. The first-order chi connectivity index (χ1) is 7.65. The second-order valence-corrected chi connectivity index (χ2v) is 5.33. The van der Waals surface area contributed by atoms with Gasteiger partial charge in [-0.05, 0) is 30.5 Å². The van der Waals surface area contributed by atoms with Gasteiger partial charge in [-0.3, -0.25) is 0 Å². The molecule has 0 aromatic heterocycles. The molecule has 1 aromatic rings. The molecule has 0 aliphatic heterocycles. The largest absolute Gasteiger partial charge is 0.396 e. The van der Waals surface area contributed by atoms with Gasteiger partial charge < -0.3 is 10.8 Å². The van der Waals surface area contributed by atoms with E-state index < -0.39 is 0 Å². The number of rotatable bonds is 6. The number of nitrogens with two attached hydrogens (primary N) is 1. The average Bonchev–Trinajstić information content (AvgIpc) is 2.31. The summed E-state index contributed by atoms with van der Waals surface area (Å²) in [5.41, 5.74) is 6.90. The zero-order valence-electron chi connectivity index (χ0n) is 9.75. The molecule has 0 bridgehead atoms. The van der Waals surface area contributed by atoms with E-state index in [1.807, 2.05) is 12.1 Å². The maximum absolute atomic E-state index is 9.53. The molecule has 0 spiro atoms. The first kappa shape index (κ1) is 13.7. The van der Waals surface area contributed by atoms with E-state index in [2.05, 4.69) is 35.0 Å². The molecule has 3 N–H and O–H groups in total. The van der Waals surface area contributed by atoms with Crippen molar-refractivity contribution in [2.45, 2.75) is 26.2 Å². The minimum absolute atomic E-state index is 0.150. The van der Waals surface area contributed by atoms with Crippen LogP contribution in [-0.4, -0.2) is 18.3 Å². The molecule has 0 aliphatic carbocycles. The van der Waals surface area contributed by atoms with E-state index in [-0.39, 0.29) is 12.0 Å². The van der Waals surface area contributed by atoms with E-state index in [9.17, 15) is 5.11 Å². The smallest absolute Gasteiger partial charge is 0.0502 e. The Hall–Kier alpha value is -0.380. The van der Waals surface area contributed by atoms with Crippen LogP contribution in [0.15, 0.2) is 28.7 Å². The van der Waals surface area contributed by atoms with Gasteiger partial charge in [0.1, 0.15) is 0 Å². The molecule has 0 saturated heterocycles. The summed E-state index contributed by atoms with van der Waals surface area (Å²) in [7, 11) is 0. The lowest BCUT2D eigenvalue weighted by Gasteiger charge is -2.30. The fraction of sp³-hybridized carbons (Fsp3) is 0.538. The average molecular weight is 286 g/mol. The third kappa shape index (κ3) is 3.58. The number of aliphatic hydroxyl groups excluding tert-OH is 1. The molecule has 0 aliphatic rings. The van der Waals surface area contributed by atoms with Gasteiger partial charge in [0.05, 0.1) is 6.61 Å². The van der Waals surface area contributed by atoms with Gasteiger partial charge in [0.15, 0.2) is 0 Å². The topological polar surface area (TPSA) is 46.2 Å². The van der Waals surface area contributed by atoms with Crippen molar-refractivity contribution in [3.8, 4) is 0 Å². The van der Waals surface area contributed by atoms with Crippen molar-refractivity contribution < 1.29 is 5.11 Å². The summed E-state index contributed by atoms with van der Waals surface area (Å²) in [5, 5.41) is 9.53. The van der Waals surface area contributed by atoms with Gasteiger partial charge in [-0.1, -0.05) is 41.4 Å². The molecule has 90 valence electrons. The molecular weight excluding hydrogens is 266 g/mol. The summed E-state index contributed by atoms with van der Waals surface area (Å²) in [4.78, 5) is 0. The molecule has 16 heavy (non-hydrogen) atoms. The number of aliphatic hydroxyl groups is 1. The lowest BCUT2D eigenvalue weighted by Crippen LogP contribution is -2.36. The Morgan fingerprint density at radius 1 is 1.31 bits per heavy atom. The third-order valence-electron chi connectivity index (χ3n) is 3.04. The van der Waals surface area contributed by atoms with Gasteiger partial charge in [-0.25, -0.2) is 0 Å². The molecule has 1 aromatic carbocycles. The molecular formula is C13H20BrNO. The van der Waals surface area contributed by atoms with Gasteiger partial charge in [0.25, 0.3) is 0 Å². The molecule has 0 radical (unpaired) electrons. The monoisotopic (exact) mass is 285 g/mol. The maximum Gasteiger partial charge on any atom is 0.0502 e. The fourth-order valence-electron chi connectivity index (χ4n) is 2.03.